The molecule has 1 heterocycles. The Kier molecular flexibility index (Phi) is 1.87. The molecule has 3 rings (SSSR count). The van der Waals surface area contributed by atoms with Gasteiger partial charge in [-0.25, -0.2) is 4.39 Å². The van der Waals surface area contributed by atoms with Crippen LogP contribution in [0, 0.1) is 0 Å². The topological polar surface area (TPSA) is 40.7 Å². The lowest BCUT2D eigenvalue weighted by atomic mass is 9.90. The van der Waals surface area contributed by atoms with Crippen LogP contribution in [-0.4, -0.2) is 22.4 Å². The summed E-state index contributed by atoms with van der Waals surface area (Å²) < 4.78 is 13.0. The average Bonchev–Trinajstić information content (AvgIpc) is 2.71. The number of benzene rings is 1. The molecule has 0 saturated heterocycles. The highest BCUT2D eigenvalue weighted by molar-refractivity contribution is 5.81. The number of hydrogen-bond acceptors (Lipinski definition) is 2. The largest absolute Gasteiger partial charge is 0.379 e. The zero-order valence-corrected chi connectivity index (χ0v) is 8.20. The quantitative estimate of drug-likeness (QED) is 0.790. The monoisotopic (exact) mass is 205 g/mol. The number of aromatic nitrogens is 2. The van der Waals surface area contributed by atoms with Gasteiger partial charge in [0.05, 0.1) is 17.8 Å². The van der Waals surface area contributed by atoms with E-state index in [-0.39, 0.29) is 6.04 Å². The number of aromatic amines is 1. The van der Waals surface area contributed by atoms with Crippen molar-refractivity contribution in [1.82, 2.24) is 10.2 Å². The van der Waals surface area contributed by atoms with E-state index in [0.717, 1.165) is 23.0 Å². The summed E-state index contributed by atoms with van der Waals surface area (Å²) in [5, 5.41) is 11.1. The van der Waals surface area contributed by atoms with E-state index in [1.807, 2.05) is 18.2 Å². The summed E-state index contributed by atoms with van der Waals surface area (Å²) >= 11 is 0. The van der Waals surface area contributed by atoms with E-state index in [0.29, 0.717) is 6.42 Å². The number of rotatable bonds is 2. The maximum absolute atomic E-state index is 13.0. The summed E-state index contributed by atoms with van der Waals surface area (Å²) in [6.45, 7) is 0. The molecule has 2 unspecified atom stereocenters. The van der Waals surface area contributed by atoms with E-state index in [1.54, 1.807) is 6.20 Å². The van der Waals surface area contributed by atoms with Crippen LogP contribution >= 0.6 is 0 Å². The van der Waals surface area contributed by atoms with Gasteiger partial charge in [-0.2, -0.15) is 5.10 Å². The molecule has 0 aliphatic heterocycles. The van der Waals surface area contributed by atoms with Crippen LogP contribution < -0.4 is 5.32 Å². The fourth-order valence-corrected chi connectivity index (χ4v) is 1.86. The van der Waals surface area contributed by atoms with Crippen LogP contribution in [0.2, 0.25) is 0 Å². The molecule has 1 aromatic carbocycles. The maximum Gasteiger partial charge on any atom is 0.120 e. The summed E-state index contributed by atoms with van der Waals surface area (Å²) in [6, 6.07) is 5.90. The average molecular weight is 205 g/mol. The molecule has 2 atom stereocenters. The normalized spacial score (nSPS) is 25.1. The Morgan fingerprint density at radius 2 is 2.33 bits per heavy atom. The Bertz CT molecular complexity index is 479. The molecule has 0 radical (unpaired) electrons. The number of hydrogen-bond donors (Lipinski definition) is 2. The fourth-order valence-electron chi connectivity index (χ4n) is 1.86. The summed E-state index contributed by atoms with van der Waals surface area (Å²) in [4.78, 5) is 0. The van der Waals surface area contributed by atoms with E-state index >= 15 is 0 Å². The van der Waals surface area contributed by atoms with Crippen LogP contribution in [0.25, 0.3) is 10.9 Å². The number of nitrogens with zero attached hydrogens (tertiary/aromatic N) is 1. The third kappa shape index (κ3) is 1.46. The van der Waals surface area contributed by atoms with Gasteiger partial charge in [0, 0.05) is 11.1 Å². The lowest BCUT2D eigenvalue weighted by Gasteiger charge is -2.31. The van der Waals surface area contributed by atoms with E-state index in [4.69, 9.17) is 0 Å². The minimum atomic E-state index is -0.692. The molecular weight excluding hydrogens is 193 g/mol. The van der Waals surface area contributed by atoms with Crippen molar-refractivity contribution in [2.45, 2.75) is 25.1 Å². The van der Waals surface area contributed by atoms with Crippen LogP contribution in [0.5, 0.6) is 0 Å². The van der Waals surface area contributed by atoms with Crippen molar-refractivity contribution in [2.24, 2.45) is 0 Å². The number of halogens is 1. The van der Waals surface area contributed by atoms with Gasteiger partial charge in [-0.05, 0) is 31.0 Å². The SMILES string of the molecule is FC1CCC1Nc1ccc2cn[nH]c2c1. The molecule has 15 heavy (non-hydrogen) atoms. The summed E-state index contributed by atoms with van der Waals surface area (Å²) in [7, 11) is 0. The van der Waals surface area contributed by atoms with Crippen molar-refractivity contribution < 1.29 is 4.39 Å². The van der Waals surface area contributed by atoms with Gasteiger partial charge in [0.1, 0.15) is 6.17 Å². The Balaban J connectivity index is 1.84. The van der Waals surface area contributed by atoms with E-state index in [2.05, 4.69) is 15.5 Å². The Labute approximate surface area is 86.7 Å². The first-order valence-corrected chi connectivity index (χ1v) is 5.17. The molecule has 2 aromatic rings. The molecule has 1 saturated carbocycles. The van der Waals surface area contributed by atoms with Gasteiger partial charge in [-0.1, -0.05) is 0 Å². The van der Waals surface area contributed by atoms with Gasteiger partial charge < -0.3 is 5.32 Å². The minimum absolute atomic E-state index is 0.00892. The molecule has 78 valence electrons. The first kappa shape index (κ1) is 8.71. The molecular formula is C11H12FN3. The van der Waals surface area contributed by atoms with Gasteiger partial charge in [-0.3, -0.25) is 5.10 Å². The number of nitrogens with one attached hydrogen (secondary N) is 2. The van der Waals surface area contributed by atoms with E-state index in [9.17, 15) is 4.39 Å². The van der Waals surface area contributed by atoms with Crippen molar-refractivity contribution in [1.29, 1.82) is 0 Å². The number of fused-ring (bicyclic) bond motifs is 1. The molecule has 1 fully saturated rings. The minimum Gasteiger partial charge on any atom is -0.379 e. The molecule has 3 nitrogen and oxygen atoms in total. The highest BCUT2D eigenvalue weighted by atomic mass is 19.1. The van der Waals surface area contributed by atoms with Crippen molar-refractivity contribution >= 4 is 16.6 Å². The molecule has 2 N–H and O–H groups in total. The zero-order valence-electron chi connectivity index (χ0n) is 8.20. The fraction of sp³-hybridized carbons (Fsp3) is 0.364. The number of H-pyrrole nitrogens is 1. The van der Waals surface area contributed by atoms with Crippen molar-refractivity contribution in [3.05, 3.63) is 24.4 Å². The molecule has 0 amide bonds. The van der Waals surface area contributed by atoms with Crippen LogP contribution in [0.3, 0.4) is 0 Å². The van der Waals surface area contributed by atoms with E-state index in [1.165, 1.54) is 0 Å². The van der Waals surface area contributed by atoms with Gasteiger partial charge in [0.15, 0.2) is 0 Å². The number of anilines is 1. The second-order valence-corrected chi connectivity index (χ2v) is 4.02. The highest BCUT2D eigenvalue weighted by Crippen LogP contribution is 2.27. The van der Waals surface area contributed by atoms with E-state index < -0.39 is 6.17 Å². The first-order chi connectivity index (χ1) is 7.33. The van der Waals surface area contributed by atoms with Gasteiger partial charge >= 0.3 is 0 Å². The predicted octanol–water partition coefficient (Wildman–Crippen LogP) is 2.48. The molecule has 1 aliphatic carbocycles. The molecule has 4 heteroatoms. The Hall–Kier alpha value is -1.58. The third-order valence-corrected chi connectivity index (χ3v) is 2.98. The van der Waals surface area contributed by atoms with Gasteiger partial charge in [0.25, 0.3) is 0 Å². The van der Waals surface area contributed by atoms with Crippen molar-refractivity contribution in [2.75, 3.05) is 5.32 Å². The second-order valence-electron chi connectivity index (χ2n) is 4.02. The lowest BCUT2D eigenvalue weighted by molar-refractivity contribution is 0.186. The van der Waals surface area contributed by atoms with Crippen molar-refractivity contribution in [3.63, 3.8) is 0 Å². The van der Waals surface area contributed by atoms with Crippen LogP contribution in [-0.2, 0) is 0 Å². The van der Waals surface area contributed by atoms with Gasteiger partial charge in [-0.15, -0.1) is 0 Å². The van der Waals surface area contributed by atoms with Gasteiger partial charge in [0.2, 0.25) is 0 Å². The standard InChI is InChI=1S/C11H12FN3/c12-9-3-4-10(9)14-8-2-1-7-6-13-15-11(7)5-8/h1-2,5-6,9-10,14H,3-4H2,(H,13,15). The Morgan fingerprint density at radius 1 is 1.40 bits per heavy atom. The smallest absolute Gasteiger partial charge is 0.120 e. The Morgan fingerprint density at radius 3 is 3.07 bits per heavy atom. The predicted molar refractivity (Wildman–Crippen MR) is 57.6 cm³/mol. The summed E-state index contributed by atoms with van der Waals surface area (Å²) in [5.41, 5.74) is 1.94. The first-order valence-electron chi connectivity index (χ1n) is 5.17. The van der Waals surface area contributed by atoms with Crippen LogP contribution in [0.15, 0.2) is 24.4 Å². The second kappa shape index (κ2) is 3.22. The molecule has 0 spiro atoms. The van der Waals surface area contributed by atoms with Crippen molar-refractivity contribution in [3.8, 4) is 0 Å². The molecule has 0 bridgehead atoms. The molecule has 1 aliphatic rings. The summed E-state index contributed by atoms with van der Waals surface area (Å²) in [5.74, 6) is 0. The highest BCUT2D eigenvalue weighted by Gasteiger charge is 2.30. The van der Waals surface area contributed by atoms with Crippen LogP contribution in [0.1, 0.15) is 12.8 Å². The van der Waals surface area contributed by atoms with Crippen LogP contribution in [0.4, 0.5) is 10.1 Å². The zero-order chi connectivity index (χ0) is 10.3. The maximum atomic E-state index is 13.0. The molecule has 1 aromatic heterocycles. The third-order valence-electron chi connectivity index (χ3n) is 2.98. The summed E-state index contributed by atoms with van der Waals surface area (Å²) in [6.07, 6.45) is 2.69. The number of alkyl halides is 1. The lowest BCUT2D eigenvalue weighted by Crippen LogP contribution is -2.39.